The van der Waals surface area contributed by atoms with Crippen LogP contribution in [0.1, 0.15) is 42.9 Å². The molecule has 1 aliphatic rings. The van der Waals surface area contributed by atoms with Gasteiger partial charge in [0.15, 0.2) is 0 Å². The van der Waals surface area contributed by atoms with Gasteiger partial charge in [-0.3, -0.25) is 9.59 Å². The molecular weight excluding hydrogens is 466 g/mol. The van der Waals surface area contributed by atoms with E-state index in [-0.39, 0.29) is 30.9 Å². The van der Waals surface area contributed by atoms with Gasteiger partial charge >= 0.3 is 0 Å². The molecule has 37 heavy (non-hydrogen) atoms. The van der Waals surface area contributed by atoms with E-state index >= 15 is 0 Å². The third-order valence-electron chi connectivity index (χ3n) is 6.94. The first-order valence-electron chi connectivity index (χ1n) is 12.7. The predicted octanol–water partition coefficient (Wildman–Crippen LogP) is 4.27. The van der Waals surface area contributed by atoms with Crippen LogP contribution in [0.5, 0.6) is 5.75 Å². The Bertz CT molecular complexity index is 1360. The fourth-order valence-corrected chi connectivity index (χ4v) is 5.05. The van der Waals surface area contributed by atoms with Crippen LogP contribution < -0.4 is 10.1 Å². The second-order valence-corrected chi connectivity index (χ2v) is 9.37. The predicted molar refractivity (Wildman–Crippen MR) is 141 cm³/mol. The number of carbonyl (C=O) groups is 2. The highest BCUT2D eigenvalue weighted by Gasteiger charge is 2.34. The molecule has 0 saturated heterocycles. The van der Waals surface area contributed by atoms with Crippen LogP contribution in [0.2, 0.25) is 0 Å². The molecule has 8 nitrogen and oxygen atoms in total. The molecule has 8 heteroatoms. The zero-order chi connectivity index (χ0) is 25.6. The van der Waals surface area contributed by atoms with E-state index < -0.39 is 6.04 Å². The number of fused-ring (bicyclic) bond motifs is 1. The van der Waals surface area contributed by atoms with Gasteiger partial charge in [-0.2, -0.15) is 0 Å². The topological polar surface area (TPSA) is 89.3 Å². The van der Waals surface area contributed by atoms with E-state index in [2.05, 4.69) is 15.6 Å². The van der Waals surface area contributed by atoms with Crippen LogP contribution in [-0.2, 0) is 22.7 Å². The number of nitrogens with zero attached hydrogens (tertiary/aromatic N) is 4. The van der Waals surface area contributed by atoms with Crippen molar-refractivity contribution in [2.75, 3.05) is 7.11 Å². The number of rotatable bonds is 9. The molecule has 0 radical (unpaired) electrons. The molecule has 2 amide bonds. The zero-order valence-corrected chi connectivity index (χ0v) is 20.9. The van der Waals surface area contributed by atoms with Crippen molar-refractivity contribution in [2.45, 2.75) is 50.9 Å². The van der Waals surface area contributed by atoms with Crippen molar-refractivity contribution < 1.29 is 14.3 Å². The van der Waals surface area contributed by atoms with Gasteiger partial charge in [-0.05, 0) is 36.6 Å². The summed E-state index contributed by atoms with van der Waals surface area (Å²) in [4.78, 5) is 29.5. The Morgan fingerprint density at radius 3 is 2.49 bits per heavy atom. The fourth-order valence-electron chi connectivity index (χ4n) is 5.05. The molecule has 3 aromatic carbocycles. The van der Waals surface area contributed by atoms with Crippen LogP contribution in [0.4, 0.5) is 0 Å². The van der Waals surface area contributed by atoms with E-state index in [0.29, 0.717) is 11.3 Å². The van der Waals surface area contributed by atoms with E-state index in [0.717, 1.165) is 42.3 Å². The van der Waals surface area contributed by atoms with Crippen molar-refractivity contribution in [2.24, 2.45) is 0 Å². The van der Waals surface area contributed by atoms with Gasteiger partial charge < -0.3 is 15.0 Å². The molecule has 1 unspecified atom stereocenters. The molecule has 1 fully saturated rings. The highest BCUT2D eigenvalue weighted by molar-refractivity contribution is 5.89. The number of hydrogen-bond acceptors (Lipinski definition) is 5. The number of amides is 2. The largest absolute Gasteiger partial charge is 0.496 e. The van der Waals surface area contributed by atoms with Crippen molar-refractivity contribution in [3.63, 3.8) is 0 Å². The Hall–Kier alpha value is -4.20. The van der Waals surface area contributed by atoms with Crippen LogP contribution in [0.3, 0.4) is 0 Å². The molecule has 1 aliphatic carbocycles. The molecule has 5 rings (SSSR count). The molecule has 0 spiro atoms. The normalized spacial score (nSPS) is 14.4. The summed E-state index contributed by atoms with van der Waals surface area (Å²) in [6.45, 7) is 0.156. The van der Waals surface area contributed by atoms with E-state index in [9.17, 15) is 9.59 Å². The molecule has 1 atom stereocenters. The van der Waals surface area contributed by atoms with Crippen molar-refractivity contribution in [3.05, 3.63) is 90.0 Å². The average molecular weight is 498 g/mol. The minimum absolute atomic E-state index is 0.0459. The molecule has 190 valence electrons. The Morgan fingerprint density at radius 2 is 1.70 bits per heavy atom. The Labute approximate surface area is 216 Å². The summed E-state index contributed by atoms with van der Waals surface area (Å²) in [7, 11) is 1.61. The lowest BCUT2D eigenvalue weighted by Gasteiger charge is -2.32. The molecule has 1 N–H and O–H groups in total. The smallest absolute Gasteiger partial charge is 0.247 e. The lowest BCUT2D eigenvalue weighted by atomic mass is 10.0. The van der Waals surface area contributed by atoms with Gasteiger partial charge in [0, 0.05) is 11.6 Å². The van der Waals surface area contributed by atoms with Crippen LogP contribution in [0.15, 0.2) is 78.9 Å². The molecule has 1 saturated carbocycles. The number of aromatic nitrogens is 3. The lowest BCUT2D eigenvalue weighted by molar-refractivity contribution is -0.142. The maximum atomic E-state index is 14.0. The second-order valence-electron chi connectivity index (χ2n) is 9.37. The minimum atomic E-state index is -0.811. The quantitative estimate of drug-likeness (QED) is 0.373. The van der Waals surface area contributed by atoms with E-state index in [1.54, 1.807) is 16.7 Å². The minimum Gasteiger partial charge on any atom is -0.496 e. The van der Waals surface area contributed by atoms with E-state index in [1.165, 1.54) is 0 Å². The zero-order valence-electron chi connectivity index (χ0n) is 20.9. The van der Waals surface area contributed by atoms with Gasteiger partial charge in [-0.1, -0.05) is 78.7 Å². The summed E-state index contributed by atoms with van der Waals surface area (Å²) in [6, 6.07) is 23.9. The van der Waals surface area contributed by atoms with Crippen LogP contribution in [0.25, 0.3) is 11.0 Å². The molecular formula is C29H31N5O3. The number of carbonyl (C=O) groups excluding carboxylic acids is 2. The third kappa shape index (κ3) is 5.48. The van der Waals surface area contributed by atoms with Gasteiger partial charge in [0.05, 0.1) is 19.2 Å². The highest BCUT2D eigenvalue weighted by atomic mass is 16.5. The maximum Gasteiger partial charge on any atom is 0.247 e. The number of ether oxygens (including phenoxy) is 1. The van der Waals surface area contributed by atoms with E-state index in [1.807, 2.05) is 78.9 Å². The summed E-state index contributed by atoms with van der Waals surface area (Å²) in [5, 5.41) is 11.6. The summed E-state index contributed by atoms with van der Waals surface area (Å²) in [5.74, 6) is 0.247. The second kappa shape index (κ2) is 11.2. The van der Waals surface area contributed by atoms with Crippen molar-refractivity contribution >= 4 is 22.8 Å². The van der Waals surface area contributed by atoms with Crippen LogP contribution in [0, 0.1) is 0 Å². The summed E-state index contributed by atoms with van der Waals surface area (Å²) < 4.78 is 7.16. The monoisotopic (exact) mass is 497 g/mol. The first-order chi connectivity index (χ1) is 18.1. The number of benzene rings is 3. The number of nitrogens with one attached hydrogen (secondary N) is 1. The number of para-hydroxylation sites is 2. The SMILES string of the molecule is COc1ccccc1CN(C(=O)Cn1nnc2ccccc21)C(C(=O)NC1CCCC1)c1ccccc1. The summed E-state index contributed by atoms with van der Waals surface area (Å²) in [5.41, 5.74) is 3.05. The van der Waals surface area contributed by atoms with Gasteiger partial charge in [0.1, 0.15) is 23.9 Å². The Balaban J connectivity index is 1.53. The lowest BCUT2D eigenvalue weighted by Crippen LogP contribution is -2.46. The van der Waals surface area contributed by atoms with Gasteiger partial charge in [0.25, 0.3) is 0 Å². The van der Waals surface area contributed by atoms with Crippen LogP contribution in [-0.4, -0.2) is 44.9 Å². The Kier molecular flexibility index (Phi) is 7.44. The standard InChI is InChI=1S/C29H31N5O3/c1-37-26-18-10-5-13-22(26)19-33(27(35)20-34-25-17-9-8-16-24(25)31-32-34)28(21-11-3-2-4-12-21)29(36)30-23-14-6-7-15-23/h2-5,8-13,16-18,23,28H,6-7,14-15,19-20H2,1H3,(H,30,36). The van der Waals surface area contributed by atoms with Crippen molar-refractivity contribution in [1.82, 2.24) is 25.2 Å². The first-order valence-corrected chi connectivity index (χ1v) is 12.7. The van der Waals surface area contributed by atoms with Crippen molar-refractivity contribution in [3.8, 4) is 5.75 Å². The van der Waals surface area contributed by atoms with Gasteiger partial charge in [-0.15, -0.1) is 5.10 Å². The molecule has 4 aromatic rings. The molecule has 0 bridgehead atoms. The van der Waals surface area contributed by atoms with Gasteiger partial charge in [0.2, 0.25) is 11.8 Å². The highest BCUT2D eigenvalue weighted by Crippen LogP contribution is 2.29. The van der Waals surface area contributed by atoms with Crippen molar-refractivity contribution in [1.29, 1.82) is 0 Å². The number of hydrogen-bond donors (Lipinski definition) is 1. The van der Waals surface area contributed by atoms with Crippen LogP contribution >= 0.6 is 0 Å². The summed E-state index contributed by atoms with van der Waals surface area (Å²) in [6.07, 6.45) is 4.12. The molecule has 0 aliphatic heterocycles. The van der Waals surface area contributed by atoms with E-state index in [4.69, 9.17) is 4.74 Å². The third-order valence-corrected chi connectivity index (χ3v) is 6.94. The average Bonchev–Trinajstić information content (AvgIpc) is 3.59. The molecule has 1 heterocycles. The fraction of sp³-hybridized carbons (Fsp3) is 0.310. The van der Waals surface area contributed by atoms with Gasteiger partial charge in [-0.25, -0.2) is 4.68 Å². The number of methoxy groups -OCH3 is 1. The first kappa shape index (κ1) is 24.5. The molecule has 1 aromatic heterocycles. The maximum absolute atomic E-state index is 14.0. The Morgan fingerprint density at radius 1 is 1.00 bits per heavy atom. The summed E-state index contributed by atoms with van der Waals surface area (Å²) >= 11 is 0.